The molecule has 1 unspecified atom stereocenters. The van der Waals surface area contributed by atoms with E-state index in [1.54, 1.807) is 0 Å². The molecular formula is C21H24N4O2. The Labute approximate surface area is 158 Å². The number of aryl methyl sites for hydroxylation is 2. The van der Waals surface area contributed by atoms with Crippen LogP contribution >= 0.6 is 0 Å². The number of carbonyl (C=O) groups is 1. The fraction of sp³-hybridized carbons (Fsp3) is 0.381. The monoisotopic (exact) mass is 364 g/mol. The summed E-state index contributed by atoms with van der Waals surface area (Å²) in [5, 5.41) is 1.15. The molecule has 1 aliphatic heterocycles. The summed E-state index contributed by atoms with van der Waals surface area (Å²) in [6, 6.07) is 12.0. The minimum atomic E-state index is -0.0298. The molecule has 0 bridgehead atoms. The number of nitrogens with zero attached hydrogens (tertiary/aromatic N) is 4. The van der Waals surface area contributed by atoms with Crippen molar-refractivity contribution < 1.29 is 9.53 Å². The number of para-hydroxylation sites is 1. The molecule has 1 fully saturated rings. The zero-order valence-electron chi connectivity index (χ0n) is 15.8. The van der Waals surface area contributed by atoms with E-state index < -0.39 is 0 Å². The number of ether oxygens (including phenoxy) is 1. The summed E-state index contributed by atoms with van der Waals surface area (Å²) in [6.07, 6.45) is 3.81. The Hall–Kier alpha value is -2.89. The molecule has 0 spiro atoms. The van der Waals surface area contributed by atoms with Gasteiger partial charge in [-0.1, -0.05) is 18.2 Å². The van der Waals surface area contributed by atoms with Crippen LogP contribution in [0.5, 0.6) is 5.88 Å². The first-order chi connectivity index (χ1) is 13.1. The highest BCUT2D eigenvalue weighted by Crippen LogP contribution is 2.19. The van der Waals surface area contributed by atoms with E-state index in [1.807, 2.05) is 59.8 Å². The number of hydrogen-bond donors (Lipinski definition) is 0. The predicted molar refractivity (Wildman–Crippen MR) is 104 cm³/mol. The second-order valence-electron chi connectivity index (χ2n) is 7.12. The van der Waals surface area contributed by atoms with Gasteiger partial charge in [-0.3, -0.25) is 4.79 Å². The summed E-state index contributed by atoms with van der Waals surface area (Å²) < 4.78 is 8.06. The van der Waals surface area contributed by atoms with Crippen LogP contribution in [0.4, 0.5) is 0 Å². The highest BCUT2D eigenvalue weighted by Gasteiger charge is 2.25. The van der Waals surface area contributed by atoms with E-state index in [1.165, 1.54) is 0 Å². The van der Waals surface area contributed by atoms with Gasteiger partial charge in [0.1, 0.15) is 18.5 Å². The summed E-state index contributed by atoms with van der Waals surface area (Å²) in [7, 11) is 0. The van der Waals surface area contributed by atoms with Crippen LogP contribution in [0.2, 0.25) is 0 Å². The Morgan fingerprint density at radius 3 is 2.93 bits per heavy atom. The van der Waals surface area contributed by atoms with Crippen molar-refractivity contribution in [3.05, 3.63) is 54.1 Å². The van der Waals surface area contributed by atoms with Gasteiger partial charge in [0.25, 0.3) is 0 Å². The first-order valence-corrected chi connectivity index (χ1v) is 9.39. The van der Waals surface area contributed by atoms with Gasteiger partial charge in [0.15, 0.2) is 0 Å². The highest BCUT2D eigenvalue weighted by molar-refractivity contribution is 5.83. The minimum Gasteiger partial charge on any atom is -0.472 e. The van der Waals surface area contributed by atoms with Crippen LogP contribution in [0.15, 0.2) is 42.6 Å². The molecule has 6 heteroatoms. The normalized spacial score (nSPS) is 17.3. The molecule has 3 aromatic rings. The van der Waals surface area contributed by atoms with Crippen LogP contribution in [-0.4, -0.2) is 44.5 Å². The number of aromatic nitrogens is 3. The fourth-order valence-corrected chi connectivity index (χ4v) is 3.70. The van der Waals surface area contributed by atoms with Crippen molar-refractivity contribution in [2.24, 2.45) is 0 Å². The zero-order chi connectivity index (χ0) is 18.8. The quantitative estimate of drug-likeness (QED) is 0.714. The molecule has 3 heterocycles. The molecule has 1 saturated heterocycles. The van der Waals surface area contributed by atoms with E-state index in [0.717, 1.165) is 36.0 Å². The maximum absolute atomic E-state index is 12.8. The summed E-state index contributed by atoms with van der Waals surface area (Å²) in [6.45, 7) is 5.52. The lowest BCUT2D eigenvalue weighted by molar-refractivity contribution is -0.134. The SMILES string of the molecule is Cc1cc(OC2CCCN(C(=O)Cn3ccc4ccccc43)C2)nc(C)n1. The van der Waals surface area contributed by atoms with Gasteiger partial charge in [0, 0.05) is 30.0 Å². The zero-order valence-corrected chi connectivity index (χ0v) is 15.8. The maximum atomic E-state index is 12.8. The minimum absolute atomic E-state index is 0.0298. The number of hydrogen-bond acceptors (Lipinski definition) is 4. The van der Waals surface area contributed by atoms with Crippen molar-refractivity contribution in [3.63, 3.8) is 0 Å². The molecule has 6 nitrogen and oxygen atoms in total. The standard InChI is InChI=1S/C21H24N4O2/c1-15-12-20(23-16(2)22-15)27-18-7-5-10-25(13-18)21(26)14-24-11-9-17-6-3-4-8-19(17)24/h3-4,6,8-9,11-12,18H,5,7,10,13-14H2,1-2H3. The molecule has 27 heavy (non-hydrogen) atoms. The molecule has 0 aliphatic carbocycles. The predicted octanol–water partition coefficient (Wildman–Crippen LogP) is 3.12. The Balaban J connectivity index is 1.42. The number of likely N-dealkylation sites (tertiary alicyclic amines) is 1. The van der Waals surface area contributed by atoms with Crippen molar-refractivity contribution in [1.82, 2.24) is 19.4 Å². The highest BCUT2D eigenvalue weighted by atomic mass is 16.5. The molecule has 1 amide bonds. The van der Waals surface area contributed by atoms with Crippen molar-refractivity contribution >= 4 is 16.8 Å². The third kappa shape index (κ3) is 3.94. The van der Waals surface area contributed by atoms with Crippen molar-refractivity contribution in [3.8, 4) is 5.88 Å². The molecule has 140 valence electrons. The van der Waals surface area contributed by atoms with Gasteiger partial charge in [-0.05, 0) is 44.2 Å². The summed E-state index contributed by atoms with van der Waals surface area (Å²) in [5.41, 5.74) is 1.98. The Bertz CT molecular complexity index is 945. The van der Waals surface area contributed by atoms with Gasteiger partial charge >= 0.3 is 0 Å². The van der Waals surface area contributed by atoms with E-state index in [-0.39, 0.29) is 12.0 Å². The van der Waals surface area contributed by atoms with Crippen LogP contribution in [0, 0.1) is 13.8 Å². The lowest BCUT2D eigenvalue weighted by Gasteiger charge is -2.33. The summed E-state index contributed by atoms with van der Waals surface area (Å²) >= 11 is 0. The molecule has 0 N–H and O–H groups in total. The third-order valence-corrected chi connectivity index (χ3v) is 4.95. The molecule has 2 aromatic heterocycles. The number of benzene rings is 1. The van der Waals surface area contributed by atoms with E-state index in [9.17, 15) is 4.79 Å². The van der Waals surface area contributed by atoms with E-state index in [2.05, 4.69) is 16.0 Å². The van der Waals surface area contributed by atoms with Gasteiger partial charge in [0.2, 0.25) is 11.8 Å². The average molecular weight is 364 g/mol. The first kappa shape index (κ1) is 17.5. The fourth-order valence-electron chi connectivity index (χ4n) is 3.70. The Kier molecular flexibility index (Phi) is 4.79. The molecule has 0 radical (unpaired) electrons. The lowest BCUT2D eigenvalue weighted by atomic mass is 10.1. The van der Waals surface area contributed by atoms with Gasteiger partial charge in [-0.25, -0.2) is 4.98 Å². The van der Waals surface area contributed by atoms with E-state index in [4.69, 9.17) is 4.74 Å². The lowest BCUT2D eigenvalue weighted by Crippen LogP contribution is -2.45. The van der Waals surface area contributed by atoms with Gasteiger partial charge in [-0.2, -0.15) is 4.98 Å². The van der Waals surface area contributed by atoms with E-state index >= 15 is 0 Å². The van der Waals surface area contributed by atoms with Gasteiger partial charge in [0.05, 0.1) is 6.54 Å². The van der Waals surface area contributed by atoms with Crippen molar-refractivity contribution in [2.75, 3.05) is 13.1 Å². The number of amides is 1. The average Bonchev–Trinajstić information content (AvgIpc) is 3.04. The van der Waals surface area contributed by atoms with Crippen LogP contribution < -0.4 is 4.74 Å². The summed E-state index contributed by atoms with van der Waals surface area (Å²) in [4.78, 5) is 23.4. The third-order valence-electron chi connectivity index (χ3n) is 4.95. The topological polar surface area (TPSA) is 60.2 Å². The van der Waals surface area contributed by atoms with Gasteiger partial charge < -0.3 is 14.2 Å². The number of carbonyl (C=O) groups excluding carboxylic acids is 1. The summed E-state index contributed by atoms with van der Waals surface area (Å²) in [5.74, 6) is 1.42. The van der Waals surface area contributed by atoms with Crippen LogP contribution in [0.3, 0.4) is 0 Å². The van der Waals surface area contributed by atoms with Crippen LogP contribution in [0.25, 0.3) is 10.9 Å². The largest absolute Gasteiger partial charge is 0.472 e. The number of piperidine rings is 1. The Morgan fingerprint density at radius 1 is 1.22 bits per heavy atom. The molecule has 1 aromatic carbocycles. The molecule has 4 rings (SSSR count). The maximum Gasteiger partial charge on any atom is 0.242 e. The van der Waals surface area contributed by atoms with Crippen LogP contribution in [0.1, 0.15) is 24.4 Å². The molecule has 0 saturated carbocycles. The molecular weight excluding hydrogens is 340 g/mol. The van der Waals surface area contributed by atoms with E-state index in [0.29, 0.717) is 24.8 Å². The first-order valence-electron chi connectivity index (χ1n) is 9.39. The second-order valence-corrected chi connectivity index (χ2v) is 7.12. The molecule has 1 atom stereocenters. The van der Waals surface area contributed by atoms with Crippen molar-refractivity contribution in [2.45, 2.75) is 39.3 Å². The number of fused-ring (bicyclic) bond motifs is 1. The smallest absolute Gasteiger partial charge is 0.242 e. The Morgan fingerprint density at radius 2 is 2.07 bits per heavy atom. The number of rotatable bonds is 4. The second kappa shape index (κ2) is 7.39. The van der Waals surface area contributed by atoms with Gasteiger partial charge in [-0.15, -0.1) is 0 Å². The van der Waals surface area contributed by atoms with Crippen LogP contribution in [-0.2, 0) is 11.3 Å². The molecule has 1 aliphatic rings. The van der Waals surface area contributed by atoms with Crippen molar-refractivity contribution in [1.29, 1.82) is 0 Å².